The molecule has 0 bridgehead atoms. The zero-order valence-corrected chi connectivity index (χ0v) is 16.9. The molecule has 1 saturated carbocycles. The van der Waals surface area contributed by atoms with Gasteiger partial charge in [-0.05, 0) is 29.3 Å². The zero-order chi connectivity index (χ0) is 18.9. The van der Waals surface area contributed by atoms with E-state index in [1.165, 1.54) is 0 Å². The summed E-state index contributed by atoms with van der Waals surface area (Å²) in [6.07, 6.45) is -0.308. The largest absolute Gasteiger partial charge is 0.387 e. The molecule has 3 unspecified atom stereocenters. The van der Waals surface area contributed by atoms with E-state index in [1.54, 1.807) is 0 Å². The molecule has 0 saturated heterocycles. The van der Waals surface area contributed by atoms with Crippen LogP contribution in [-0.4, -0.2) is 35.8 Å². The number of halogens is 1. The topological polar surface area (TPSA) is 84.6 Å². The van der Waals surface area contributed by atoms with E-state index in [9.17, 15) is 9.90 Å². The van der Waals surface area contributed by atoms with Crippen LogP contribution in [0.5, 0.6) is 0 Å². The first-order valence-electron chi connectivity index (χ1n) is 9.15. The van der Waals surface area contributed by atoms with Crippen LogP contribution in [0.25, 0.3) is 10.8 Å². The summed E-state index contributed by atoms with van der Waals surface area (Å²) >= 11 is 0. The number of fused-ring (bicyclic) bond motifs is 1. The van der Waals surface area contributed by atoms with Crippen LogP contribution in [0.15, 0.2) is 42.5 Å². The Morgan fingerprint density at radius 1 is 1.30 bits per heavy atom. The van der Waals surface area contributed by atoms with Crippen LogP contribution in [0, 0.1) is 5.41 Å². The molecule has 4 N–H and O–H groups in total. The number of hydrogen-bond acceptors (Lipinski definition) is 4. The van der Waals surface area contributed by atoms with Crippen LogP contribution in [0.2, 0.25) is 0 Å². The van der Waals surface area contributed by atoms with Gasteiger partial charge in [0, 0.05) is 25.0 Å². The van der Waals surface area contributed by atoms with E-state index in [0.717, 1.165) is 16.3 Å². The molecule has 0 radical (unpaired) electrons. The van der Waals surface area contributed by atoms with Crippen molar-refractivity contribution >= 4 is 29.1 Å². The summed E-state index contributed by atoms with van der Waals surface area (Å²) in [6.45, 7) is 6.58. The Labute approximate surface area is 166 Å². The van der Waals surface area contributed by atoms with Gasteiger partial charge in [-0.3, -0.25) is 4.79 Å². The molecule has 5 nitrogen and oxygen atoms in total. The SMILES string of the molecule is CCOC1CC(N)(C(=O)NCC(O)c2ccc3ccccc3c2)C1(C)C.Cl. The number of hydrogen-bond donors (Lipinski definition) is 3. The molecule has 2 aromatic rings. The molecule has 1 aliphatic rings. The zero-order valence-electron chi connectivity index (χ0n) is 16.1. The molecule has 1 aliphatic carbocycles. The Bertz CT molecular complexity index is 811. The highest BCUT2D eigenvalue weighted by atomic mass is 35.5. The van der Waals surface area contributed by atoms with Crippen LogP contribution < -0.4 is 11.1 Å². The minimum Gasteiger partial charge on any atom is -0.387 e. The van der Waals surface area contributed by atoms with Crippen LogP contribution in [-0.2, 0) is 9.53 Å². The number of ether oxygens (including phenoxy) is 1. The van der Waals surface area contributed by atoms with Gasteiger partial charge in [0.05, 0.1) is 12.2 Å². The second kappa shape index (κ2) is 8.15. The number of benzene rings is 2. The molecule has 1 amide bonds. The summed E-state index contributed by atoms with van der Waals surface area (Å²) in [5.74, 6) is -0.238. The van der Waals surface area contributed by atoms with E-state index in [4.69, 9.17) is 10.5 Å². The number of carbonyl (C=O) groups excluding carboxylic acids is 1. The van der Waals surface area contributed by atoms with Crippen molar-refractivity contribution in [2.24, 2.45) is 11.1 Å². The molecule has 0 aromatic heterocycles. The second-order valence-electron chi connectivity index (χ2n) is 7.67. The highest BCUT2D eigenvalue weighted by Gasteiger charge is 2.62. The van der Waals surface area contributed by atoms with Gasteiger partial charge in [-0.15, -0.1) is 12.4 Å². The first kappa shape index (κ1) is 21.6. The number of aliphatic hydroxyl groups is 1. The maximum atomic E-state index is 12.7. The number of amides is 1. The highest BCUT2D eigenvalue weighted by Crippen LogP contribution is 2.49. The summed E-state index contributed by atoms with van der Waals surface area (Å²) < 4.78 is 5.67. The van der Waals surface area contributed by atoms with Gasteiger partial charge < -0.3 is 20.9 Å². The third-order valence-corrected chi connectivity index (χ3v) is 5.85. The summed E-state index contributed by atoms with van der Waals surface area (Å²) in [6, 6.07) is 13.8. The van der Waals surface area contributed by atoms with Crippen molar-refractivity contribution in [2.45, 2.75) is 44.9 Å². The van der Waals surface area contributed by atoms with Crippen LogP contribution in [0.4, 0.5) is 0 Å². The lowest BCUT2D eigenvalue weighted by molar-refractivity contribution is -0.170. The fraction of sp³-hybridized carbons (Fsp3) is 0.476. The predicted molar refractivity (Wildman–Crippen MR) is 110 cm³/mol. The van der Waals surface area contributed by atoms with Gasteiger partial charge in [0.15, 0.2) is 0 Å². The van der Waals surface area contributed by atoms with Crippen molar-refractivity contribution in [1.29, 1.82) is 0 Å². The van der Waals surface area contributed by atoms with E-state index in [0.29, 0.717) is 13.0 Å². The van der Waals surface area contributed by atoms with Crippen LogP contribution >= 0.6 is 12.4 Å². The summed E-state index contributed by atoms with van der Waals surface area (Å²) in [5.41, 5.74) is 5.72. The maximum Gasteiger partial charge on any atom is 0.240 e. The number of rotatable bonds is 6. The normalized spacial score (nSPS) is 24.6. The summed E-state index contributed by atoms with van der Waals surface area (Å²) in [4.78, 5) is 12.7. The van der Waals surface area contributed by atoms with Crippen molar-refractivity contribution in [3.8, 4) is 0 Å². The summed E-state index contributed by atoms with van der Waals surface area (Å²) in [7, 11) is 0. The minimum atomic E-state index is -0.976. The van der Waals surface area contributed by atoms with E-state index < -0.39 is 17.1 Å². The fourth-order valence-corrected chi connectivity index (χ4v) is 3.70. The van der Waals surface area contributed by atoms with Gasteiger partial charge in [-0.25, -0.2) is 0 Å². The molecule has 148 valence electrons. The molecule has 27 heavy (non-hydrogen) atoms. The van der Waals surface area contributed by atoms with E-state index in [-0.39, 0.29) is 31.0 Å². The lowest BCUT2D eigenvalue weighted by Crippen LogP contribution is -2.75. The molecule has 0 heterocycles. The molecule has 0 spiro atoms. The Morgan fingerprint density at radius 2 is 1.96 bits per heavy atom. The Balaban J connectivity index is 0.00000261. The standard InChI is InChI=1S/C21H28N2O3.ClH/c1-4-26-18-12-21(22,20(18,2)3)19(25)23-13-17(24)16-10-9-14-7-5-6-8-15(14)11-16;/h5-11,17-18,24H,4,12-13,22H2,1-3H3,(H,23,25);1H. The first-order chi connectivity index (χ1) is 12.3. The van der Waals surface area contributed by atoms with Gasteiger partial charge in [0.25, 0.3) is 0 Å². The molecule has 3 rings (SSSR count). The smallest absolute Gasteiger partial charge is 0.240 e. The molecule has 6 heteroatoms. The quantitative estimate of drug-likeness (QED) is 0.705. The molecular weight excluding hydrogens is 364 g/mol. The van der Waals surface area contributed by atoms with E-state index >= 15 is 0 Å². The molecule has 1 fully saturated rings. The van der Waals surface area contributed by atoms with Gasteiger partial charge in [0.1, 0.15) is 5.54 Å². The molecule has 2 aromatic carbocycles. The number of aliphatic hydroxyl groups excluding tert-OH is 1. The van der Waals surface area contributed by atoms with Crippen molar-refractivity contribution < 1.29 is 14.6 Å². The molecular formula is C21H29ClN2O3. The van der Waals surface area contributed by atoms with Crippen molar-refractivity contribution in [1.82, 2.24) is 5.32 Å². The van der Waals surface area contributed by atoms with Gasteiger partial charge >= 0.3 is 0 Å². The Kier molecular flexibility index (Phi) is 6.53. The average molecular weight is 393 g/mol. The lowest BCUT2D eigenvalue weighted by atomic mass is 9.54. The fourth-order valence-electron chi connectivity index (χ4n) is 3.70. The number of nitrogens with one attached hydrogen (secondary N) is 1. The number of carbonyl (C=O) groups is 1. The third kappa shape index (κ3) is 3.83. The van der Waals surface area contributed by atoms with Gasteiger partial charge in [-0.1, -0.05) is 50.2 Å². The monoisotopic (exact) mass is 392 g/mol. The number of nitrogens with two attached hydrogens (primary N) is 1. The first-order valence-corrected chi connectivity index (χ1v) is 9.15. The molecule has 0 aliphatic heterocycles. The highest BCUT2D eigenvalue weighted by molar-refractivity contribution is 5.89. The van der Waals surface area contributed by atoms with Gasteiger partial charge in [-0.2, -0.15) is 0 Å². The van der Waals surface area contributed by atoms with E-state index in [1.807, 2.05) is 63.2 Å². The third-order valence-electron chi connectivity index (χ3n) is 5.85. The van der Waals surface area contributed by atoms with Crippen LogP contribution in [0.3, 0.4) is 0 Å². The minimum absolute atomic E-state index is 0. The van der Waals surface area contributed by atoms with Crippen molar-refractivity contribution in [3.05, 3.63) is 48.0 Å². The van der Waals surface area contributed by atoms with Crippen LogP contribution in [0.1, 0.15) is 38.9 Å². The van der Waals surface area contributed by atoms with Crippen molar-refractivity contribution in [2.75, 3.05) is 13.2 Å². The Hall–Kier alpha value is -1.66. The Morgan fingerprint density at radius 3 is 2.59 bits per heavy atom. The van der Waals surface area contributed by atoms with E-state index in [2.05, 4.69) is 5.32 Å². The lowest BCUT2D eigenvalue weighted by Gasteiger charge is -2.57. The predicted octanol–water partition coefficient (Wildman–Crippen LogP) is 2.94. The average Bonchev–Trinajstić information content (AvgIpc) is 2.64. The summed E-state index contributed by atoms with van der Waals surface area (Å²) in [5, 5.41) is 15.5. The maximum absolute atomic E-state index is 12.7. The van der Waals surface area contributed by atoms with Crippen molar-refractivity contribution in [3.63, 3.8) is 0 Å². The molecule has 3 atom stereocenters. The van der Waals surface area contributed by atoms with Gasteiger partial charge in [0.2, 0.25) is 5.91 Å². The second-order valence-corrected chi connectivity index (χ2v) is 7.67.